The number of amides is 1. The zero-order chi connectivity index (χ0) is 20.0. The Kier molecular flexibility index (Phi) is 6.22. The van der Waals surface area contributed by atoms with E-state index < -0.39 is 29.8 Å². The van der Waals surface area contributed by atoms with Gasteiger partial charge in [0.15, 0.2) is 12.4 Å². The number of nitro benzene ring substituents is 1. The fraction of sp³-hybridized carbons (Fsp3) is 0.235. The van der Waals surface area contributed by atoms with Crippen molar-refractivity contribution in [3.63, 3.8) is 0 Å². The molecular weight excluding hydrogens is 369 g/mol. The maximum absolute atomic E-state index is 12.1. The third-order valence-electron chi connectivity index (χ3n) is 3.41. The van der Waals surface area contributed by atoms with Gasteiger partial charge in [-0.05, 0) is 30.7 Å². The summed E-state index contributed by atoms with van der Waals surface area (Å²) in [6, 6.07) is 10.1. The standard InChI is InChI=1S/C17H15F3N2O5/c1-11(12-6-8-13(9-7-12)27-17(18,19)20)21-16(23)10-26-15-5-3-2-4-14(15)22(24)25/h2-9,11H,10H2,1H3,(H,21,23). The van der Waals surface area contributed by atoms with E-state index >= 15 is 0 Å². The number of nitrogens with one attached hydrogen (secondary N) is 1. The Labute approximate surface area is 151 Å². The van der Waals surface area contributed by atoms with Crippen LogP contribution in [0.15, 0.2) is 48.5 Å². The summed E-state index contributed by atoms with van der Waals surface area (Å²) in [5, 5.41) is 13.5. The maximum Gasteiger partial charge on any atom is 0.573 e. The third kappa shape index (κ3) is 6.17. The van der Waals surface area contributed by atoms with Gasteiger partial charge in [0.05, 0.1) is 11.0 Å². The SMILES string of the molecule is CC(NC(=O)COc1ccccc1[N+](=O)[O-])c1ccc(OC(F)(F)F)cc1. The van der Waals surface area contributed by atoms with Crippen molar-refractivity contribution in [1.29, 1.82) is 0 Å². The highest BCUT2D eigenvalue weighted by atomic mass is 19.4. The summed E-state index contributed by atoms with van der Waals surface area (Å²) < 4.78 is 45.4. The molecule has 2 rings (SSSR count). The maximum atomic E-state index is 12.1. The Hall–Kier alpha value is -3.30. The normalized spacial score (nSPS) is 12.1. The van der Waals surface area contributed by atoms with E-state index in [-0.39, 0.29) is 17.2 Å². The van der Waals surface area contributed by atoms with Gasteiger partial charge in [-0.2, -0.15) is 0 Å². The van der Waals surface area contributed by atoms with Crippen molar-refractivity contribution in [2.24, 2.45) is 0 Å². The number of para-hydroxylation sites is 2. The minimum atomic E-state index is -4.78. The van der Waals surface area contributed by atoms with Crippen LogP contribution >= 0.6 is 0 Å². The predicted octanol–water partition coefficient (Wildman–Crippen LogP) is 3.75. The lowest BCUT2D eigenvalue weighted by Gasteiger charge is -2.15. The molecule has 144 valence electrons. The van der Waals surface area contributed by atoms with E-state index in [0.29, 0.717) is 5.56 Å². The predicted molar refractivity (Wildman–Crippen MR) is 88.3 cm³/mol. The van der Waals surface area contributed by atoms with Gasteiger partial charge in [-0.3, -0.25) is 14.9 Å². The molecule has 0 aliphatic carbocycles. The first-order valence-corrected chi connectivity index (χ1v) is 7.67. The smallest absolute Gasteiger partial charge is 0.477 e. The van der Waals surface area contributed by atoms with Crippen LogP contribution in [0.2, 0.25) is 0 Å². The molecule has 0 saturated heterocycles. The van der Waals surface area contributed by atoms with Crippen LogP contribution in [0.25, 0.3) is 0 Å². The number of hydrogen-bond acceptors (Lipinski definition) is 5. The Morgan fingerprint density at radius 2 is 1.81 bits per heavy atom. The molecule has 1 unspecified atom stereocenters. The van der Waals surface area contributed by atoms with Crippen molar-refractivity contribution in [3.8, 4) is 11.5 Å². The van der Waals surface area contributed by atoms with Crippen molar-refractivity contribution in [2.75, 3.05) is 6.61 Å². The second kappa shape index (κ2) is 8.39. The molecule has 27 heavy (non-hydrogen) atoms. The molecule has 0 bridgehead atoms. The number of benzene rings is 2. The van der Waals surface area contributed by atoms with Crippen LogP contribution in [0.5, 0.6) is 11.5 Å². The van der Waals surface area contributed by atoms with Crippen molar-refractivity contribution in [1.82, 2.24) is 5.32 Å². The Morgan fingerprint density at radius 1 is 1.19 bits per heavy atom. The quantitative estimate of drug-likeness (QED) is 0.580. The molecule has 10 heteroatoms. The van der Waals surface area contributed by atoms with Gasteiger partial charge >= 0.3 is 12.0 Å². The van der Waals surface area contributed by atoms with Gasteiger partial charge in [0.2, 0.25) is 0 Å². The van der Waals surface area contributed by atoms with E-state index in [0.717, 1.165) is 12.1 Å². The highest BCUT2D eigenvalue weighted by Gasteiger charge is 2.31. The largest absolute Gasteiger partial charge is 0.573 e. The summed E-state index contributed by atoms with van der Waals surface area (Å²) in [5.41, 5.74) is 0.280. The van der Waals surface area contributed by atoms with Crippen molar-refractivity contribution >= 4 is 11.6 Å². The first-order chi connectivity index (χ1) is 12.7. The van der Waals surface area contributed by atoms with E-state index in [1.807, 2.05) is 0 Å². The van der Waals surface area contributed by atoms with Crippen LogP contribution in [0.1, 0.15) is 18.5 Å². The van der Waals surface area contributed by atoms with Gasteiger partial charge in [-0.1, -0.05) is 24.3 Å². The summed E-state index contributed by atoms with van der Waals surface area (Å²) in [6.07, 6.45) is -4.78. The number of hydrogen-bond donors (Lipinski definition) is 1. The summed E-state index contributed by atoms with van der Waals surface area (Å²) in [5.74, 6) is -0.959. The van der Waals surface area contributed by atoms with Gasteiger partial charge in [0.25, 0.3) is 5.91 Å². The van der Waals surface area contributed by atoms with Gasteiger partial charge in [0.1, 0.15) is 5.75 Å². The molecule has 1 atom stereocenters. The molecule has 0 heterocycles. The molecule has 0 radical (unpaired) electrons. The zero-order valence-corrected chi connectivity index (χ0v) is 14.0. The third-order valence-corrected chi connectivity index (χ3v) is 3.41. The number of halogens is 3. The topological polar surface area (TPSA) is 90.7 Å². The average molecular weight is 384 g/mol. The molecular formula is C17H15F3N2O5. The van der Waals surface area contributed by atoms with Crippen LogP contribution in [0.3, 0.4) is 0 Å². The molecule has 7 nitrogen and oxygen atoms in total. The van der Waals surface area contributed by atoms with E-state index in [4.69, 9.17) is 4.74 Å². The van der Waals surface area contributed by atoms with Crippen LogP contribution in [-0.2, 0) is 4.79 Å². The molecule has 2 aromatic rings. The Morgan fingerprint density at radius 3 is 2.41 bits per heavy atom. The molecule has 0 aliphatic heterocycles. The van der Waals surface area contributed by atoms with Crippen molar-refractivity contribution < 1.29 is 32.4 Å². The molecule has 0 aliphatic rings. The number of carbonyl (C=O) groups is 1. The number of carbonyl (C=O) groups excluding carboxylic acids is 1. The lowest BCUT2D eigenvalue weighted by atomic mass is 10.1. The van der Waals surface area contributed by atoms with Gasteiger partial charge < -0.3 is 14.8 Å². The van der Waals surface area contributed by atoms with E-state index in [9.17, 15) is 28.1 Å². The van der Waals surface area contributed by atoms with E-state index in [1.165, 1.54) is 36.4 Å². The number of nitro groups is 1. The van der Waals surface area contributed by atoms with Crippen LogP contribution in [-0.4, -0.2) is 23.8 Å². The molecule has 0 fully saturated rings. The molecule has 2 aromatic carbocycles. The number of alkyl halides is 3. The monoisotopic (exact) mass is 384 g/mol. The second-order valence-electron chi connectivity index (χ2n) is 5.42. The molecule has 1 N–H and O–H groups in total. The highest BCUT2D eigenvalue weighted by Crippen LogP contribution is 2.26. The lowest BCUT2D eigenvalue weighted by Crippen LogP contribution is -2.31. The summed E-state index contributed by atoms with van der Waals surface area (Å²) >= 11 is 0. The molecule has 1 amide bonds. The fourth-order valence-corrected chi connectivity index (χ4v) is 2.20. The Balaban J connectivity index is 1.91. The first kappa shape index (κ1) is 20.0. The Bertz CT molecular complexity index is 809. The summed E-state index contributed by atoms with van der Waals surface area (Å²) in [4.78, 5) is 22.2. The molecule has 0 aromatic heterocycles. The lowest BCUT2D eigenvalue weighted by molar-refractivity contribution is -0.385. The van der Waals surface area contributed by atoms with Crippen molar-refractivity contribution in [2.45, 2.75) is 19.3 Å². The fourth-order valence-electron chi connectivity index (χ4n) is 2.20. The van der Waals surface area contributed by atoms with Crippen LogP contribution < -0.4 is 14.8 Å². The van der Waals surface area contributed by atoms with Crippen molar-refractivity contribution in [3.05, 3.63) is 64.2 Å². The van der Waals surface area contributed by atoms with E-state index in [2.05, 4.69) is 10.1 Å². The minimum Gasteiger partial charge on any atom is -0.477 e. The summed E-state index contributed by atoms with van der Waals surface area (Å²) in [7, 11) is 0. The van der Waals surface area contributed by atoms with Gasteiger partial charge in [-0.25, -0.2) is 0 Å². The van der Waals surface area contributed by atoms with Crippen LogP contribution in [0.4, 0.5) is 18.9 Å². The minimum absolute atomic E-state index is 0.0426. The van der Waals surface area contributed by atoms with E-state index in [1.54, 1.807) is 6.92 Å². The number of nitrogens with zero attached hydrogens (tertiary/aromatic N) is 1. The number of rotatable bonds is 7. The van der Waals surface area contributed by atoms with Gasteiger partial charge in [0, 0.05) is 6.07 Å². The van der Waals surface area contributed by atoms with Gasteiger partial charge in [-0.15, -0.1) is 13.2 Å². The zero-order valence-electron chi connectivity index (χ0n) is 14.0. The first-order valence-electron chi connectivity index (χ1n) is 7.67. The second-order valence-corrected chi connectivity index (χ2v) is 5.42. The summed E-state index contributed by atoms with van der Waals surface area (Å²) in [6.45, 7) is 1.17. The van der Waals surface area contributed by atoms with Crippen LogP contribution in [0, 0.1) is 10.1 Å². The highest BCUT2D eigenvalue weighted by molar-refractivity contribution is 5.78. The number of ether oxygens (including phenoxy) is 2. The molecule has 0 saturated carbocycles. The molecule has 0 spiro atoms. The average Bonchev–Trinajstić information content (AvgIpc) is 2.59.